The number of pyridine rings is 1. The first-order chi connectivity index (χ1) is 17.9. The molecule has 8 heteroatoms. The van der Waals surface area contributed by atoms with E-state index in [-0.39, 0.29) is 31.0 Å². The number of halogens is 2. The Kier molecular flexibility index (Phi) is 9.09. The molecule has 0 amide bonds. The predicted molar refractivity (Wildman–Crippen MR) is 142 cm³/mol. The largest absolute Gasteiger partial charge is 0.494 e. The highest BCUT2D eigenvalue weighted by molar-refractivity contribution is 5.96. The second-order valence-corrected chi connectivity index (χ2v) is 10.1. The van der Waals surface area contributed by atoms with Crippen molar-refractivity contribution in [1.29, 1.82) is 0 Å². The second-order valence-electron chi connectivity index (χ2n) is 10.1. The van der Waals surface area contributed by atoms with Gasteiger partial charge in [-0.15, -0.1) is 0 Å². The van der Waals surface area contributed by atoms with Crippen molar-refractivity contribution in [1.82, 2.24) is 4.98 Å². The molecule has 2 aromatic carbocycles. The van der Waals surface area contributed by atoms with Gasteiger partial charge in [0.05, 0.1) is 19.9 Å². The van der Waals surface area contributed by atoms with Crippen molar-refractivity contribution in [3.63, 3.8) is 0 Å². The fourth-order valence-electron chi connectivity index (χ4n) is 4.28. The van der Waals surface area contributed by atoms with Crippen LogP contribution in [0.4, 0.5) is 8.78 Å². The SMILES string of the molecule is COc1cc(C(=O)CCC(O)(c2ccc(OC)c(-c3ccc(F)c(C)c3)n2)C(C)(C)C)ccc1OCCF. The molecule has 0 radical (unpaired) electrons. The van der Waals surface area contributed by atoms with Crippen LogP contribution in [0.5, 0.6) is 17.2 Å². The smallest absolute Gasteiger partial charge is 0.163 e. The van der Waals surface area contributed by atoms with Crippen molar-refractivity contribution in [2.24, 2.45) is 5.41 Å². The van der Waals surface area contributed by atoms with Crippen LogP contribution in [0.3, 0.4) is 0 Å². The van der Waals surface area contributed by atoms with Gasteiger partial charge in [-0.1, -0.05) is 20.8 Å². The molecule has 0 aliphatic rings. The second kappa shape index (κ2) is 11.9. The summed E-state index contributed by atoms with van der Waals surface area (Å²) in [5.74, 6) is 0.623. The number of aromatic nitrogens is 1. The average Bonchev–Trinajstić information content (AvgIpc) is 2.90. The topological polar surface area (TPSA) is 77.9 Å². The highest BCUT2D eigenvalue weighted by Crippen LogP contribution is 2.44. The first kappa shape index (κ1) is 29.0. The zero-order valence-electron chi connectivity index (χ0n) is 22.7. The molecule has 6 nitrogen and oxygen atoms in total. The normalized spacial score (nSPS) is 13.1. The van der Waals surface area contributed by atoms with Crippen LogP contribution in [0.25, 0.3) is 11.3 Å². The summed E-state index contributed by atoms with van der Waals surface area (Å²) in [5, 5.41) is 12.0. The number of rotatable bonds is 11. The lowest BCUT2D eigenvalue weighted by atomic mass is 9.71. The molecule has 0 saturated heterocycles. The molecule has 1 aromatic heterocycles. The standard InChI is InChI=1S/C30H35F2NO5/c1-19-17-21(7-9-22(19)32)28-25(36-5)11-12-27(33-28)30(35,29(2,3)4)14-13-23(34)20-8-10-24(38-16-15-31)26(18-20)37-6/h7-12,17-18,35H,13-16H2,1-6H3. The Morgan fingerprint density at radius 2 is 1.66 bits per heavy atom. The molecule has 1 N–H and O–H groups in total. The Hall–Kier alpha value is -3.52. The number of carbonyl (C=O) groups is 1. The first-order valence-corrected chi connectivity index (χ1v) is 12.4. The summed E-state index contributed by atoms with van der Waals surface area (Å²) in [6.07, 6.45) is 0.124. The lowest BCUT2D eigenvalue weighted by molar-refractivity contribution is -0.0744. The Labute approximate surface area is 222 Å². The van der Waals surface area contributed by atoms with E-state index in [9.17, 15) is 18.7 Å². The molecule has 3 aromatic rings. The summed E-state index contributed by atoms with van der Waals surface area (Å²) in [6, 6.07) is 12.8. The maximum Gasteiger partial charge on any atom is 0.163 e. The van der Waals surface area contributed by atoms with Crippen LogP contribution in [0, 0.1) is 18.2 Å². The van der Waals surface area contributed by atoms with Gasteiger partial charge in [0.25, 0.3) is 0 Å². The lowest BCUT2D eigenvalue weighted by Crippen LogP contribution is -2.41. The Balaban J connectivity index is 1.94. The molecule has 38 heavy (non-hydrogen) atoms. The summed E-state index contributed by atoms with van der Waals surface area (Å²) < 4.78 is 42.5. The van der Waals surface area contributed by atoms with Crippen LogP contribution in [-0.4, -0.2) is 43.4 Å². The number of Topliss-reactive ketones (excluding diaryl/α,β-unsaturated/α-hetero) is 1. The summed E-state index contributed by atoms with van der Waals surface area (Å²) in [7, 11) is 2.97. The van der Waals surface area contributed by atoms with E-state index in [0.717, 1.165) is 0 Å². The van der Waals surface area contributed by atoms with Gasteiger partial charge in [-0.25, -0.2) is 13.8 Å². The number of carbonyl (C=O) groups excluding carboxylic acids is 1. The third-order valence-corrected chi connectivity index (χ3v) is 6.71. The van der Waals surface area contributed by atoms with E-state index in [1.165, 1.54) is 20.3 Å². The molecule has 204 valence electrons. The summed E-state index contributed by atoms with van der Waals surface area (Å²) >= 11 is 0. The number of benzene rings is 2. The van der Waals surface area contributed by atoms with Crippen LogP contribution < -0.4 is 14.2 Å². The monoisotopic (exact) mass is 527 g/mol. The predicted octanol–water partition coefficient (Wildman–Crippen LogP) is 6.46. The van der Waals surface area contributed by atoms with Gasteiger partial charge < -0.3 is 19.3 Å². The number of ketones is 1. The van der Waals surface area contributed by atoms with Crippen LogP contribution in [0.1, 0.15) is 55.2 Å². The van der Waals surface area contributed by atoms with E-state index in [1.54, 1.807) is 49.4 Å². The molecular formula is C30H35F2NO5. The van der Waals surface area contributed by atoms with Gasteiger partial charge in [0.1, 0.15) is 36.1 Å². The Morgan fingerprint density at radius 1 is 0.974 bits per heavy atom. The van der Waals surface area contributed by atoms with Gasteiger partial charge in [0, 0.05) is 17.5 Å². The van der Waals surface area contributed by atoms with Gasteiger partial charge in [0.15, 0.2) is 17.3 Å². The molecular weight excluding hydrogens is 492 g/mol. The number of aryl methyl sites for hydroxylation is 1. The maximum atomic E-state index is 13.9. The quantitative estimate of drug-likeness (QED) is 0.289. The van der Waals surface area contributed by atoms with E-state index in [0.29, 0.717) is 45.3 Å². The zero-order chi connectivity index (χ0) is 28.1. The highest BCUT2D eigenvalue weighted by Gasteiger charge is 2.43. The van der Waals surface area contributed by atoms with E-state index in [4.69, 9.17) is 19.2 Å². The number of aliphatic hydroxyl groups is 1. The first-order valence-electron chi connectivity index (χ1n) is 12.4. The molecule has 0 saturated carbocycles. The van der Waals surface area contributed by atoms with E-state index < -0.39 is 17.7 Å². The molecule has 0 aliphatic carbocycles. The Bertz CT molecular complexity index is 1290. The Morgan fingerprint density at radius 3 is 2.26 bits per heavy atom. The molecule has 1 atom stereocenters. The van der Waals surface area contributed by atoms with E-state index >= 15 is 0 Å². The van der Waals surface area contributed by atoms with Crippen molar-refractivity contribution >= 4 is 5.78 Å². The maximum absolute atomic E-state index is 13.9. The number of ether oxygens (including phenoxy) is 3. The third-order valence-electron chi connectivity index (χ3n) is 6.71. The van der Waals surface area contributed by atoms with Crippen LogP contribution >= 0.6 is 0 Å². The summed E-state index contributed by atoms with van der Waals surface area (Å²) in [5.41, 5.74) is 0.177. The minimum Gasteiger partial charge on any atom is -0.494 e. The minimum absolute atomic E-state index is 0.0281. The minimum atomic E-state index is -1.48. The van der Waals surface area contributed by atoms with Crippen molar-refractivity contribution < 1.29 is 32.9 Å². The van der Waals surface area contributed by atoms with Crippen molar-refractivity contribution in [3.8, 4) is 28.5 Å². The number of alkyl halides is 1. The molecule has 3 rings (SSSR count). The highest BCUT2D eigenvalue weighted by atomic mass is 19.1. The fraction of sp³-hybridized carbons (Fsp3) is 0.400. The van der Waals surface area contributed by atoms with Gasteiger partial charge >= 0.3 is 0 Å². The molecule has 1 heterocycles. The summed E-state index contributed by atoms with van der Waals surface area (Å²) in [6.45, 7) is 6.55. The summed E-state index contributed by atoms with van der Waals surface area (Å²) in [4.78, 5) is 17.9. The number of methoxy groups -OCH3 is 2. The van der Waals surface area contributed by atoms with Gasteiger partial charge in [0.2, 0.25) is 0 Å². The average molecular weight is 528 g/mol. The zero-order valence-corrected chi connectivity index (χ0v) is 22.7. The van der Waals surface area contributed by atoms with E-state index in [1.807, 2.05) is 20.8 Å². The molecule has 1 unspecified atom stereocenters. The van der Waals surface area contributed by atoms with Gasteiger partial charge in [-0.3, -0.25) is 4.79 Å². The van der Waals surface area contributed by atoms with Crippen LogP contribution in [0.15, 0.2) is 48.5 Å². The molecule has 0 aliphatic heterocycles. The lowest BCUT2D eigenvalue weighted by Gasteiger charge is -2.40. The van der Waals surface area contributed by atoms with Crippen molar-refractivity contribution in [2.75, 3.05) is 27.5 Å². The third kappa shape index (κ3) is 6.13. The number of hydrogen-bond acceptors (Lipinski definition) is 6. The fourth-order valence-corrected chi connectivity index (χ4v) is 4.28. The van der Waals surface area contributed by atoms with Gasteiger partial charge in [-0.05, 0) is 72.9 Å². The molecule has 0 spiro atoms. The van der Waals surface area contributed by atoms with Gasteiger partial charge in [-0.2, -0.15) is 0 Å². The van der Waals surface area contributed by atoms with Crippen molar-refractivity contribution in [2.45, 2.75) is 46.1 Å². The van der Waals surface area contributed by atoms with E-state index in [2.05, 4.69) is 0 Å². The van der Waals surface area contributed by atoms with Crippen LogP contribution in [-0.2, 0) is 5.60 Å². The number of hydrogen-bond donors (Lipinski definition) is 1. The van der Waals surface area contributed by atoms with Crippen molar-refractivity contribution in [3.05, 3.63) is 71.2 Å². The molecule has 0 fully saturated rings. The van der Waals surface area contributed by atoms with Crippen LogP contribution in [0.2, 0.25) is 0 Å². The molecule has 0 bridgehead atoms. The number of nitrogens with zero attached hydrogens (tertiary/aromatic N) is 1.